The minimum atomic E-state index is -1.26. The van der Waals surface area contributed by atoms with Gasteiger partial charge in [0.2, 0.25) is 0 Å². The molecule has 0 radical (unpaired) electrons. The summed E-state index contributed by atoms with van der Waals surface area (Å²) in [6.45, 7) is 1.18. The van der Waals surface area contributed by atoms with Gasteiger partial charge < -0.3 is 10.4 Å². The summed E-state index contributed by atoms with van der Waals surface area (Å²) < 4.78 is 0. The van der Waals surface area contributed by atoms with E-state index in [9.17, 15) is 14.9 Å². The van der Waals surface area contributed by atoms with Crippen molar-refractivity contribution in [3.63, 3.8) is 0 Å². The average molecular weight is 264 g/mol. The van der Waals surface area contributed by atoms with Gasteiger partial charge in [0, 0.05) is 12.6 Å². The minimum absolute atomic E-state index is 0.214. The molecule has 6 heteroatoms. The van der Waals surface area contributed by atoms with E-state index >= 15 is 0 Å². The van der Waals surface area contributed by atoms with Crippen LogP contribution in [0.4, 0.5) is 5.69 Å². The molecule has 2 rings (SSSR count). The van der Waals surface area contributed by atoms with E-state index in [4.69, 9.17) is 5.11 Å². The predicted molar refractivity (Wildman–Crippen MR) is 69.1 cm³/mol. The van der Waals surface area contributed by atoms with Crippen molar-refractivity contribution in [3.8, 4) is 0 Å². The molecule has 19 heavy (non-hydrogen) atoms. The molecule has 0 aromatic heterocycles. The zero-order chi connectivity index (χ0) is 13.8. The molecule has 0 amide bonds. The van der Waals surface area contributed by atoms with Crippen LogP contribution in [0.15, 0.2) is 18.2 Å². The highest BCUT2D eigenvalue weighted by Crippen LogP contribution is 2.26. The first-order valence-corrected chi connectivity index (χ1v) is 6.30. The van der Waals surface area contributed by atoms with E-state index in [2.05, 4.69) is 5.32 Å². The van der Waals surface area contributed by atoms with Crippen molar-refractivity contribution in [2.24, 2.45) is 5.92 Å². The second-order valence-corrected chi connectivity index (χ2v) is 4.80. The lowest BCUT2D eigenvalue weighted by atomic mass is 9.85. The molecule has 0 spiro atoms. The monoisotopic (exact) mass is 264 g/mol. The Morgan fingerprint density at radius 1 is 1.47 bits per heavy atom. The first kappa shape index (κ1) is 13.5. The molecule has 0 heterocycles. The molecule has 102 valence electrons. The summed E-state index contributed by atoms with van der Waals surface area (Å²) >= 11 is 0. The highest BCUT2D eigenvalue weighted by atomic mass is 16.6. The lowest BCUT2D eigenvalue weighted by molar-refractivity contribution is -0.385. The van der Waals surface area contributed by atoms with Gasteiger partial charge in [-0.3, -0.25) is 10.1 Å². The third-order valence-electron chi connectivity index (χ3n) is 3.51. The number of rotatable bonds is 6. The van der Waals surface area contributed by atoms with E-state index in [1.807, 2.05) is 0 Å². The first-order chi connectivity index (χ1) is 9.09. The molecule has 0 unspecified atom stereocenters. The Hall–Kier alpha value is -1.95. The van der Waals surface area contributed by atoms with E-state index in [-0.39, 0.29) is 11.3 Å². The fourth-order valence-corrected chi connectivity index (χ4v) is 2.24. The van der Waals surface area contributed by atoms with Gasteiger partial charge in [-0.15, -0.1) is 0 Å². The predicted octanol–water partition coefficient (Wildman–Crippen LogP) is 2.18. The Balaban J connectivity index is 2.11. The van der Waals surface area contributed by atoms with Crippen LogP contribution in [0.5, 0.6) is 0 Å². The quantitative estimate of drug-likeness (QED) is 0.607. The molecular formula is C13H16N2O4. The fourth-order valence-electron chi connectivity index (χ4n) is 2.24. The van der Waals surface area contributed by atoms with E-state index in [1.54, 1.807) is 6.07 Å². The number of hydrogen-bond donors (Lipinski definition) is 2. The van der Waals surface area contributed by atoms with Crippen LogP contribution < -0.4 is 5.32 Å². The van der Waals surface area contributed by atoms with E-state index in [0.717, 1.165) is 6.54 Å². The topological polar surface area (TPSA) is 92.5 Å². The highest BCUT2D eigenvalue weighted by Gasteiger charge is 2.23. The van der Waals surface area contributed by atoms with Gasteiger partial charge in [-0.05, 0) is 30.9 Å². The van der Waals surface area contributed by atoms with E-state index in [0.29, 0.717) is 18.0 Å². The van der Waals surface area contributed by atoms with Crippen LogP contribution in [-0.2, 0) is 6.54 Å². The standard InChI is InChI=1S/C13H16N2O4/c16-13(17)12-10(5-2-6-11(12)15(18)19)8-14-7-9-3-1-4-9/h2,5-6,9,14H,1,3-4,7-8H2,(H,16,17). The molecule has 1 fully saturated rings. The summed E-state index contributed by atoms with van der Waals surface area (Å²) in [6, 6.07) is 4.36. The molecule has 1 aromatic carbocycles. The minimum Gasteiger partial charge on any atom is -0.477 e. The molecule has 1 aliphatic rings. The highest BCUT2D eigenvalue weighted by molar-refractivity contribution is 5.94. The molecule has 1 aromatic rings. The Bertz CT molecular complexity index is 497. The molecule has 0 atom stereocenters. The molecule has 0 bridgehead atoms. The third-order valence-corrected chi connectivity index (χ3v) is 3.51. The van der Waals surface area contributed by atoms with Gasteiger partial charge in [0.05, 0.1) is 4.92 Å². The Morgan fingerprint density at radius 3 is 2.74 bits per heavy atom. The molecule has 1 aliphatic carbocycles. The molecule has 2 N–H and O–H groups in total. The lowest BCUT2D eigenvalue weighted by Gasteiger charge is -2.25. The van der Waals surface area contributed by atoms with E-state index in [1.165, 1.54) is 31.4 Å². The number of nitro groups is 1. The van der Waals surface area contributed by atoms with Crippen molar-refractivity contribution >= 4 is 11.7 Å². The van der Waals surface area contributed by atoms with E-state index < -0.39 is 10.9 Å². The van der Waals surface area contributed by atoms with Crippen molar-refractivity contribution in [1.29, 1.82) is 0 Å². The van der Waals surface area contributed by atoms with Crippen LogP contribution >= 0.6 is 0 Å². The van der Waals surface area contributed by atoms with Crippen molar-refractivity contribution in [3.05, 3.63) is 39.4 Å². The number of hydrogen-bond acceptors (Lipinski definition) is 4. The van der Waals surface area contributed by atoms with Gasteiger partial charge in [-0.2, -0.15) is 0 Å². The summed E-state index contributed by atoms with van der Waals surface area (Å²) in [6.07, 6.45) is 3.66. The fraction of sp³-hybridized carbons (Fsp3) is 0.462. The Morgan fingerprint density at radius 2 is 2.21 bits per heavy atom. The van der Waals surface area contributed by atoms with Gasteiger partial charge in [-0.1, -0.05) is 18.6 Å². The van der Waals surface area contributed by atoms with Crippen molar-refractivity contribution in [2.75, 3.05) is 6.54 Å². The lowest BCUT2D eigenvalue weighted by Crippen LogP contribution is -2.27. The van der Waals surface area contributed by atoms with Crippen LogP contribution in [0.1, 0.15) is 35.2 Å². The average Bonchev–Trinajstić information content (AvgIpc) is 2.31. The molecule has 6 nitrogen and oxygen atoms in total. The largest absolute Gasteiger partial charge is 0.477 e. The van der Waals surface area contributed by atoms with Gasteiger partial charge in [0.1, 0.15) is 5.56 Å². The van der Waals surface area contributed by atoms with Gasteiger partial charge in [-0.25, -0.2) is 4.79 Å². The van der Waals surface area contributed by atoms with Crippen LogP contribution in [-0.4, -0.2) is 22.5 Å². The first-order valence-electron chi connectivity index (χ1n) is 6.30. The van der Waals surface area contributed by atoms with Crippen molar-refractivity contribution in [2.45, 2.75) is 25.8 Å². The normalized spacial score (nSPS) is 14.9. The Kier molecular flexibility index (Phi) is 4.11. The number of aromatic carboxylic acids is 1. The summed E-state index contributed by atoms with van der Waals surface area (Å²) in [5, 5.41) is 23.1. The maximum atomic E-state index is 11.2. The SMILES string of the molecule is O=C(O)c1c(CNCC2CCC2)cccc1[N+](=O)[O-]. The van der Waals surface area contributed by atoms with Crippen LogP contribution in [0.25, 0.3) is 0 Å². The zero-order valence-corrected chi connectivity index (χ0v) is 10.5. The summed E-state index contributed by atoms with van der Waals surface area (Å²) in [5.74, 6) is -0.597. The number of nitrogens with one attached hydrogen (secondary N) is 1. The summed E-state index contributed by atoms with van der Waals surface area (Å²) in [7, 11) is 0. The Labute approximate surface area is 110 Å². The smallest absolute Gasteiger partial charge is 0.343 e. The zero-order valence-electron chi connectivity index (χ0n) is 10.5. The van der Waals surface area contributed by atoms with Crippen LogP contribution in [0.3, 0.4) is 0 Å². The van der Waals surface area contributed by atoms with Crippen molar-refractivity contribution < 1.29 is 14.8 Å². The van der Waals surface area contributed by atoms with Gasteiger partial charge in [0.15, 0.2) is 0 Å². The molecule has 0 aliphatic heterocycles. The number of carbonyl (C=O) groups is 1. The number of nitro benzene ring substituents is 1. The van der Waals surface area contributed by atoms with Crippen molar-refractivity contribution in [1.82, 2.24) is 5.32 Å². The maximum absolute atomic E-state index is 11.2. The molecule has 1 saturated carbocycles. The second kappa shape index (κ2) is 5.79. The number of benzene rings is 1. The van der Waals surface area contributed by atoms with Crippen LogP contribution in [0, 0.1) is 16.0 Å². The van der Waals surface area contributed by atoms with Gasteiger partial charge in [0.25, 0.3) is 5.69 Å². The number of carboxylic acid groups (broad SMARTS) is 1. The summed E-state index contributed by atoms with van der Waals surface area (Å²) in [5.41, 5.74) is -0.106. The summed E-state index contributed by atoms with van der Waals surface area (Å²) in [4.78, 5) is 21.4. The maximum Gasteiger partial charge on any atom is 0.343 e. The second-order valence-electron chi connectivity index (χ2n) is 4.80. The third kappa shape index (κ3) is 3.08. The molecule has 0 saturated heterocycles. The number of carboxylic acids is 1. The van der Waals surface area contributed by atoms with Gasteiger partial charge >= 0.3 is 5.97 Å². The van der Waals surface area contributed by atoms with Crippen LogP contribution in [0.2, 0.25) is 0 Å². The number of nitrogens with zero attached hydrogens (tertiary/aromatic N) is 1. The molecular weight excluding hydrogens is 248 g/mol.